The molecule has 1 atom stereocenters. The van der Waals surface area contributed by atoms with E-state index in [1.165, 1.54) is 4.31 Å². The molecule has 3 rings (SSSR count). The summed E-state index contributed by atoms with van der Waals surface area (Å²) in [5, 5.41) is 0.740. The summed E-state index contributed by atoms with van der Waals surface area (Å²) in [4.78, 5) is 3.37. The van der Waals surface area contributed by atoms with Crippen molar-refractivity contribution in [1.29, 1.82) is 0 Å². The number of rotatable bonds is 4. The summed E-state index contributed by atoms with van der Waals surface area (Å²) in [5.41, 5.74) is 0.838. The molecule has 0 saturated carbocycles. The number of H-pyrrole nitrogens is 1. The Balaban J connectivity index is 1.85. The molecular weight excluding hydrogens is 288 g/mol. The minimum Gasteiger partial charge on any atom is -0.381 e. The van der Waals surface area contributed by atoms with E-state index >= 15 is 0 Å². The smallest absolute Gasteiger partial charge is 0.244 e. The maximum atomic E-state index is 12.7. The standard InChI is InChI=1S/C15H20N2O3S/c1-17(10-12-5-4-8-20-11-12)21(18,19)15-9-16-14-7-3-2-6-13(14)15/h2-3,6-7,9,12,16H,4-5,8,10-11H2,1H3. The number of aromatic nitrogens is 1. The number of benzene rings is 1. The third-order valence-corrected chi connectivity index (χ3v) is 5.87. The van der Waals surface area contributed by atoms with Crippen LogP contribution in [-0.4, -0.2) is 44.5 Å². The van der Waals surface area contributed by atoms with Gasteiger partial charge in [0.25, 0.3) is 0 Å². The maximum absolute atomic E-state index is 12.7. The highest BCUT2D eigenvalue weighted by atomic mass is 32.2. The van der Waals surface area contributed by atoms with Crippen molar-refractivity contribution in [3.8, 4) is 0 Å². The van der Waals surface area contributed by atoms with Crippen molar-refractivity contribution in [2.75, 3.05) is 26.8 Å². The Labute approximate surface area is 125 Å². The highest BCUT2D eigenvalue weighted by Gasteiger charge is 2.27. The number of nitrogens with zero attached hydrogens (tertiary/aromatic N) is 1. The fraction of sp³-hybridized carbons (Fsp3) is 0.467. The van der Waals surface area contributed by atoms with Gasteiger partial charge >= 0.3 is 0 Å². The van der Waals surface area contributed by atoms with Crippen LogP contribution in [0.15, 0.2) is 35.4 Å². The quantitative estimate of drug-likeness (QED) is 0.942. The van der Waals surface area contributed by atoms with Crippen LogP contribution < -0.4 is 0 Å². The third kappa shape index (κ3) is 2.84. The zero-order valence-electron chi connectivity index (χ0n) is 12.1. The molecule has 0 amide bonds. The van der Waals surface area contributed by atoms with E-state index in [1.807, 2.05) is 24.3 Å². The summed E-state index contributed by atoms with van der Waals surface area (Å²) in [5.74, 6) is 0.281. The number of sulfonamides is 1. The predicted octanol–water partition coefficient (Wildman–Crippen LogP) is 2.21. The molecule has 114 valence electrons. The zero-order valence-corrected chi connectivity index (χ0v) is 12.9. The van der Waals surface area contributed by atoms with Gasteiger partial charge in [-0.05, 0) is 24.8 Å². The SMILES string of the molecule is CN(CC1CCCOC1)S(=O)(=O)c1c[nH]c2ccccc12. The number of ether oxygens (including phenoxy) is 1. The molecule has 2 heterocycles. The predicted molar refractivity (Wildman–Crippen MR) is 81.7 cm³/mol. The van der Waals surface area contributed by atoms with Crippen molar-refractivity contribution in [2.24, 2.45) is 5.92 Å². The molecule has 1 saturated heterocycles. The summed E-state index contributed by atoms with van der Waals surface area (Å²) in [7, 11) is -1.83. The van der Waals surface area contributed by atoms with Crippen LogP contribution in [-0.2, 0) is 14.8 Å². The van der Waals surface area contributed by atoms with E-state index < -0.39 is 10.0 Å². The molecule has 0 spiro atoms. The normalized spacial score (nSPS) is 20.2. The summed E-state index contributed by atoms with van der Waals surface area (Å²) in [6.07, 6.45) is 3.60. The van der Waals surface area contributed by atoms with E-state index in [9.17, 15) is 8.42 Å². The number of hydrogen-bond acceptors (Lipinski definition) is 3. The van der Waals surface area contributed by atoms with E-state index in [1.54, 1.807) is 13.2 Å². The first-order valence-electron chi connectivity index (χ1n) is 7.19. The molecular formula is C15H20N2O3S. The fourth-order valence-electron chi connectivity index (χ4n) is 2.84. The molecule has 1 N–H and O–H groups in total. The molecule has 1 aromatic carbocycles. The van der Waals surface area contributed by atoms with Crippen LogP contribution in [0.25, 0.3) is 10.9 Å². The Morgan fingerprint density at radius 3 is 2.95 bits per heavy atom. The van der Waals surface area contributed by atoms with Crippen molar-refractivity contribution in [2.45, 2.75) is 17.7 Å². The van der Waals surface area contributed by atoms with Gasteiger partial charge in [-0.3, -0.25) is 0 Å². The molecule has 6 heteroatoms. The fourth-order valence-corrected chi connectivity index (χ4v) is 4.25. The van der Waals surface area contributed by atoms with Gasteiger partial charge in [-0.2, -0.15) is 0 Å². The minimum atomic E-state index is -3.48. The highest BCUT2D eigenvalue weighted by Crippen LogP contribution is 2.26. The largest absolute Gasteiger partial charge is 0.381 e. The second-order valence-electron chi connectivity index (χ2n) is 5.57. The molecule has 21 heavy (non-hydrogen) atoms. The number of para-hydroxylation sites is 1. The first-order chi connectivity index (χ1) is 10.1. The van der Waals surface area contributed by atoms with Gasteiger partial charge in [0.2, 0.25) is 10.0 Å². The molecule has 1 unspecified atom stereocenters. The Kier molecular flexibility index (Phi) is 4.01. The van der Waals surface area contributed by atoms with Crippen molar-refractivity contribution in [1.82, 2.24) is 9.29 Å². The monoisotopic (exact) mass is 308 g/mol. The zero-order chi connectivity index (χ0) is 14.9. The lowest BCUT2D eigenvalue weighted by Crippen LogP contribution is -2.35. The molecule has 1 aliphatic rings. The second kappa shape index (κ2) is 5.79. The lowest BCUT2D eigenvalue weighted by Gasteiger charge is -2.26. The van der Waals surface area contributed by atoms with Gasteiger partial charge in [0.05, 0.1) is 6.61 Å². The first-order valence-corrected chi connectivity index (χ1v) is 8.63. The van der Waals surface area contributed by atoms with E-state index in [0.717, 1.165) is 30.4 Å². The molecule has 1 fully saturated rings. The van der Waals surface area contributed by atoms with Crippen molar-refractivity contribution in [3.63, 3.8) is 0 Å². The van der Waals surface area contributed by atoms with Crippen LogP contribution in [0, 0.1) is 5.92 Å². The minimum absolute atomic E-state index is 0.281. The summed E-state index contributed by atoms with van der Waals surface area (Å²) < 4.78 is 32.4. The van der Waals surface area contributed by atoms with Crippen LogP contribution in [0.2, 0.25) is 0 Å². The molecule has 1 aromatic heterocycles. The van der Waals surface area contributed by atoms with Crippen molar-refractivity contribution in [3.05, 3.63) is 30.5 Å². The van der Waals surface area contributed by atoms with Gasteiger partial charge in [-0.25, -0.2) is 12.7 Å². The number of aromatic amines is 1. The summed E-state index contributed by atoms with van der Waals surface area (Å²) in [6.45, 7) is 1.94. The van der Waals surface area contributed by atoms with Crippen molar-refractivity contribution >= 4 is 20.9 Å². The number of fused-ring (bicyclic) bond motifs is 1. The number of nitrogens with one attached hydrogen (secondary N) is 1. The van der Waals surface area contributed by atoms with Crippen LogP contribution in [0.5, 0.6) is 0 Å². The Morgan fingerprint density at radius 1 is 1.38 bits per heavy atom. The van der Waals surface area contributed by atoms with Crippen LogP contribution >= 0.6 is 0 Å². The summed E-state index contributed by atoms with van der Waals surface area (Å²) >= 11 is 0. The lowest BCUT2D eigenvalue weighted by molar-refractivity contribution is 0.0495. The van der Waals surface area contributed by atoms with Gasteiger partial charge in [0.15, 0.2) is 0 Å². The van der Waals surface area contributed by atoms with E-state index in [0.29, 0.717) is 18.0 Å². The van der Waals surface area contributed by atoms with Gasteiger partial charge in [-0.1, -0.05) is 18.2 Å². The topological polar surface area (TPSA) is 62.4 Å². The van der Waals surface area contributed by atoms with Crippen LogP contribution in [0.3, 0.4) is 0 Å². The van der Waals surface area contributed by atoms with Gasteiger partial charge < -0.3 is 9.72 Å². The van der Waals surface area contributed by atoms with E-state index in [2.05, 4.69) is 4.98 Å². The number of hydrogen-bond donors (Lipinski definition) is 1. The highest BCUT2D eigenvalue weighted by molar-refractivity contribution is 7.89. The Hall–Kier alpha value is -1.37. The average Bonchev–Trinajstić information content (AvgIpc) is 2.93. The van der Waals surface area contributed by atoms with E-state index in [4.69, 9.17) is 4.74 Å². The van der Waals surface area contributed by atoms with Crippen LogP contribution in [0.1, 0.15) is 12.8 Å². The Bertz CT molecular complexity index is 717. The average molecular weight is 308 g/mol. The molecule has 0 radical (unpaired) electrons. The van der Waals surface area contributed by atoms with E-state index in [-0.39, 0.29) is 5.92 Å². The van der Waals surface area contributed by atoms with Gasteiger partial charge in [0.1, 0.15) is 4.90 Å². The molecule has 1 aliphatic heterocycles. The molecule has 0 bridgehead atoms. The second-order valence-corrected chi connectivity index (χ2v) is 7.58. The molecule has 0 aliphatic carbocycles. The lowest BCUT2D eigenvalue weighted by atomic mass is 10.0. The maximum Gasteiger partial charge on any atom is 0.244 e. The van der Waals surface area contributed by atoms with Gasteiger partial charge in [-0.15, -0.1) is 0 Å². The third-order valence-electron chi connectivity index (χ3n) is 4.01. The first kappa shape index (κ1) is 14.6. The van der Waals surface area contributed by atoms with Crippen molar-refractivity contribution < 1.29 is 13.2 Å². The molecule has 2 aromatic rings. The molecule has 5 nitrogen and oxygen atoms in total. The Morgan fingerprint density at radius 2 is 2.19 bits per heavy atom. The summed E-state index contributed by atoms with van der Waals surface area (Å²) in [6, 6.07) is 7.45. The van der Waals surface area contributed by atoms with Gasteiger partial charge in [0, 0.05) is 37.3 Å². The van der Waals surface area contributed by atoms with Crippen LogP contribution in [0.4, 0.5) is 0 Å².